The third-order valence-electron chi connectivity index (χ3n) is 2.24. The molecule has 15 heavy (non-hydrogen) atoms. The molecule has 0 aromatic heterocycles. The van der Waals surface area contributed by atoms with E-state index >= 15 is 0 Å². The number of carbonyl (C=O) groups excluding carboxylic acids is 1. The molecule has 0 rings (SSSR count). The van der Waals surface area contributed by atoms with Gasteiger partial charge in [-0.25, -0.2) is 8.42 Å². The van der Waals surface area contributed by atoms with Crippen molar-refractivity contribution in [3.05, 3.63) is 0 Å². The summed E-state index contributed by atoms with van der Waals surface area (Å²) in [6.45, 7) is 5.41. The molecule has 0 saturated heterocycles. The average molecular weight is 235 g/mol. The van der Waals surface area contributed by atoms with Gasteiger partial charge in [-0.15, -0.1) is 0 Å². The Morgan fingerprint density at radius 3 is 2.13 bits per heavy atom. The maximum Gasteiger partial charge on any atom is 0.155 e. The van der Waals surface area contributed by atoms with E-state index in [4.69, 9.17) is 5.73 Å². The van der Waals surface area contributed by atoms with Crippen LogP contribution in [-0.4, -0.2) is 31.2 Å². The first-order chi connectivity index (χ1) is 6.70. The highest BCUT2D eigenvalue weighted by atomic mass is 32.2. The van der Waals surface area contributed by atoms with E-state index in [9.17, 15) is 13.2 Å². The van der Waals surface area contributed by atoms with Gasteiger partial charge in [-0.1, -0.05) is 0 Å². The zero-order valence-corrected chi connectivity index (χ0v) is 10.6. The van der Waals surface area contributed by atoms with Crippen LogP contribution in [0, 0.1) is 0 Å². The SMILES string of the molecule is CC(C)(C)S(=O)(=O)CCC(=O)CCCN. The summed E-state index contributed by atoms with van der Waals surface area (Å²) in [6.07, 6.45) is 1.13. The lowest BCUT2D eigenvalue weighted by Gasteiger charge is -2.18. The molecule has 0 aromatic carbocycles. The molecular weight excluding hydrogens is 214 g/mol. The summed E-state index contributed by atoms with van der Waals surface area (Å²) in [6, 6.07) is 0. The molecule has 4 nitrogen and oxygen atoms in total. The summed E-state index contributed by atoms with van der Waals surface area (Å²) >= 11 is 0. The molecule has 0 saturated carbocycles. The molecule has 0 atom stereocenters. The predicted octanol–water partition coefficient (Wildman–Crippen LogP) is 0.898. The van der Waals surface area contributed by atoms with Crippen LogP contribution in [0.2, 0.25) is 0 Å². The zero-order valence-electron chi connectivity index (χ0n) is 9.75. The number of Topliss-reactive ketones (excluding diaryl/α,β-unsaturated/α-hetero) is 1. The van der Waals surface area contributed by atoms with Crippen molar-refractivity contribution < 1.29 is 13.2 Å². The monoisotopic (exact) mass is 235 g/mol. The fourth-order valence-electron chi connectivity index (χ4n) is 0.979. The van der Waals surface area contributed by atoms with Crippen LogP contribution in [-0.2, 0) is 14.6 Å². The van der Waals surface area contributed by atoms with E-state index in [0.717, 1.165) is 0 Å². The highest BCUT2D eigenvalue weighted by Crippen LogP contribution is 2.17. The molecule has 0 aliphatic carbocycles. The van der Waals surface area contributed by atoms with Crippen molar-refractivity contribution in [3.8, 4) is 0 Å². The lowest BCUT2D eigenvalue weighted by Crippen LogP contribution is -2.31. The second kappa shape index (κ2) is 5.61. The Kier molecular flexibility index (Phi) is 5.45. The van der Waals surface area contributed by atoms with E-state index in [1.54, 1.807) is 20.8 Å². The predicted molar refractivity (Wildman–Crippen MR) is 61.5 cm³/mol. The summed E-state index contributed by atoms with van der Waals surface area (Å²) in [4.78, 5) is 11.3. The first-order valence-electron chi connectivity index (χ1n) is 5.15. The molecule has 0 spiro atoms. The fourth-order valence-corrected chi connectivity index (χ4v) is 2.09. The van der Waals surface area contributed by atoms with Crippen LogP contribution >= 0.6 is 0 Å². The van der Waals surface area contributed by atoms with Gasteiger partial charge in [-0.3, -0.25) is 4.79 Å². The van der Waals surface area contributed by atoms with Crippen molar-refractivity contribution in [1.82, 2.24) is 0 Å². The third kappa shape index (κ3) is 5.28. The van der Waals surface area contributed by atoms with Gasteiger partial charge in [-0.2, -0.15) is 0 Å². The number of ketones is 1. The van der Waals surface area contributed by atoms with E-state index in [0.29, 0.717) is 19.4 Å². The first kappa shape index (κ1) is 14.6. The van der Waals surface area contributed by atoms with Crippen molar-refractivity contribution in [2.24, 2.45) is 5.73 Å². The molecule has 0 radical (unpaired) electrons. The molecule has 5 heteroatoms. The normalized spacial score (nSPS) is 12.8. The topological polar surface area (TPSA) is 77.2 Å². The Labute approximate surface area is 92.2 Å². The second-order valence-electron chi connectivity index (χ2n) is 4.61. The van der Waals surface area contributed by atoms with E-state index in [1.165, 1.54) is 0 Å². The number of rotatable bonds is 6. The minimum Gasteiger partial charge on any atom is -0.330 e. The summed E-state index contributed by atoms with van der Waals surface area (Å²) < 4.78 is 22.5. The van der Waals surface area contributed by atoms with Crippen molar-refractivity contribution in [3.63, 3.8) is 0 Å². The van der Waals surface area contributed by atoms with Crippen molar-refractivity contribution >= 4 is 15.6 Å². The summed E-state index contributed by atoms with van der Waals surface area (Å²) in [5.41, 5.74) is 5.26. The third-order valence-corrected chi connectivity index (χ3v) is 4.85. The van der Waals surface area contributed by atoms with Crippen LogP contribution in [0.3, 0.4) is 0 Å². The summed E-state index contributed by atoms with van der Waals surface area (Å²) in [5.74, 6) is -0.0758. The Morgan fingerprint density at radius 1 is 1.20 bits per heavy atom. The van der Waals surface area contributed by atoms with Crippen LogP contribution in [0.5, 0.6) is 0 Å². The van der Waals surface area contributed by atoms with Gasteiger partial charge in [0.2, 0.25) is 0 Å². The van der Waals surface area contributed by atoms with Crippen LogP contribution in [0.15, 0.2) is 0 Å². The quantitative estimate of drug-likeness (QED) is 0.742. The minimum atomic E-state index is -3.17. The van der Waals surface area contributed by atoms with Gasteiger partial charge in [0.25, 0.3) is 0 Å². The van der Waals surface area contributed by atoms with E-state index in [-0.39, 0.29) is 18.0 Å². The maximum absolute atomic E-state index is 11.7. The smallest absolute Gasteiger partial charge is 0.155 e. The van der Waals surface area contributed by atoms with Gasteiger partial charge in [0.1, 0.15) is 5.78 Å². The number of nitrogens with two attached hydrogens (primary N) is 1. The Morgan fingerprint density at radius 2 is 1.73 bits per heavy atom. The highest BCUT2D eigenvalue weighted by molar-refractivity contribution is 7.92. The van der Waals surface area contributed by atoms with Gasteiger partial charge in [0, 0.05) is 12.8 Å². The molecule has 0 amide bonds. The van der Waals surface area contributed by atoms with Crippen molar-refractivity contribution in [1.29, 1.82) is 0 Å². The molecular formula is C10H21NO3S. The first-order valence-corrected chi connectivity index (χ1v) is 6.80. The zero-order chi connectivity index (χ0) is 12.1. The lowest BCUT2D eigenvalue weighted by molar-refractivity contribution is -0.118. The van der Waals surface area contributed by atoms with Gasteiger partial charge in [0.05, 0.1) is 10.5 Å². The molecule has 0 aromatic rings. The van der Waals surface area contributed by atoms with Crippen molar-refractivity contribution in [2.45, 2.75) is 44.8 Å². The number of sulfone groups is 1. The molecule has 0 fully saturated rings. The summed E-state index contributed by atoms with van der Waals surface area (Å²) in [5, 5.41) is 0. The number of carbonyl (C=O) groups is 1. The van der Waals surface area contributed by atoms with Gasteiger partial charge in [-0.05, 0) is 33.7 Å². The highest BCUT2D eigenvalue weighted by Gasteiger charge is 2.28. The molecule has 0 aliphatic rings. The fraction of sp³-hybridized carbons (Fsp3) is 0.900. The van der Waals surface area contributed by atoms with Crippen molar-refractivity contribution in [2.75, 3.05) is 12.3 Å². The molecule has 0 unspecified atom stereocenters. The van der Waals surface area contributed by atoms with Gasteiger partial charge >= 0.3 is 0 Å². The Bertz CT molecular complexity index is 301. The number of hydrogen-bond acceptors (Lipinski definition) is 4. The molecule has 2 N–H and O–H groups in total. The van der Waals surface area contributed by atoms with Crippen LogP contribution in [0.4, 0.5) is 0 Å². The van der Waals surface area contributed by atoms with Crippen LogP contribution in [0.1, 0.15) is 40.0 Å². The van der Waals surface area contributed by atoms with Crippen LogP contribution < -0.4 is 5.73 Å². The lowest BCUT2D eigenvalue weighted by atomic mass is 10.2. The minimum absolute atomic E-state index is 0.0201. The molecule has 90 valence electrons. The van der Waals surface area contributed by atoms with E-state index in [2.05, 4.69) is 0 Å². The Balaban J connectivity index is 4.12. The maximum atomic E-state index is 11.7. The molecule has 0 heterocycles. The van der Waals surface area contributed by atoms with Gasteiger partial charge in [0.15, 0.2) is 9.84 Å². The number of hydrogen-bond donors (Lipinski definition) is 1. The van der Waals surface area contributed by atoms with Gasteiger partial charge < -0.3 is 5.73 Å². The summed E-state index contributed by atoms with van der Waals surface area (Å²) in [7, 11) is -3.17. The second-order valence-corrected chi connectivity index (χ2v) is 7.47. The van der Waals surface area contributed by atoms with E-state index in [1.807, 2.05) is 0 Å². The molecule has 0 aliphatic heterocycles. The largest absolute Gasteiger partial charge is 0.330 e. The molecule has 0 bridgehead atoms. The Hall–Kier alpha value is -0.420. The standard InChI is InChI=1S/C10H21NO3S/c1-10(2,3)15(13,14)8-6-9(12)5-4-7-11/h4-8,11H2,1-3H3. The average Bonchev–Trinajstić information content (AvgIpc) is 2.09. The van der Waals surface area contributed by atoms with E-state index < -0.39 is 14.6 Å². The van der Waals surface area contributed by atoms with Crippen LogP contribution in [0.25, 0.3) is 0 Å².